The van der Waals surface area contributed by atoms with Gasteiger partial charge >= 0.3 is 11.6 Å². The molecule has 0 amide bonds. The highest BCUT2D eigenvalue weighted by Crippen LogP contribution is 2.18. The van der Waals surface area contributed by atoms with Crippen molar-refractivity contribution in [2.45, 2.75) is 0 Å². The Balaban J connectivity index is 3.26. The van der Waals surface area contributed by atoms with Crippen LogP contribution in [-0.2, 0) is 0 Å². The molecular formula is C2H2N6O4. The normalized spacial score (nSPS) is 9.67. The highest BCUT2D eigenvalue weighted by molar-refractivity contribution is 5.37. The van der Waals surface area contributed by atoms with Crippen LogP contribution in [-0.4, -0.2) is 24.9 Å². The number of nitrogens with zero attached hydrogens (tertiary/aromatic N) is 5. The van der Waals surface area contributed by atoms with Crippen LogP contribution in [0.1, 0.15) is 0 Å². The summed E-state index contributed by atoms with van der Waals surface area (Å²) in [7, 11) is 0. The molecule has 0 aromatic carbocycles. The molecule has 12 heavy (non-hydrogen) atoms. The zero-order valence-corrected chi connectivity index (χ0v) is 5.45. The fraction of sp³-hybridized carbons (Fsp3) is 0. The van der Waals surface area contributed by atoms with Crippen LogP contribution in [0.3, 0.4) is 0 Å². The van der Waals surface area contributed by atoms with Crippen LogP contribution in [0, 0.1) is 20.2 Å². The quantitative estimate of drug-likeness (QED) is 0.337. The van der Waals surface area contributed by atoms with Gasteiger partial charge in [0.05, 0.1) is 0 Å². The van der Waals surface area contributed by atoms with Crippen LogP contribution in [0.2, 0.25) is 0 Å². The first-order valence-electron chi connectivity index (χ1n) is 2.53. The third-order valence-electron chi connectivity index (χ3n) is 0.940. The molecule has 0 aliphatic carbocycles. The zero-order valence-electron chi connectivity index (χ0n) is 5.45. The van der Waals surface area contributed by atoms with E-state index in [2.05, 4.69) is 10.2 Å². The van der Waals surface area contributed by atoms with Gasteiger partial charge < -0.3 is 20.2 Å². The minimum Gasteiger partial charge on any atom is -0.358 e. The Morgan fingerprint density at radius 1 is 1.17 bits per heavy atom. The lowest BCUT2D eigenvalue weighted by atomic mass is 10.7. The number of nitrogens with two attached hydrogens (primary N) is 1. The first-order chi connectivity index (χ1) is 5.52. The molecule has 0 unspecified atom stereocenters. The Morgan fingerprint density at radius 2 is 1.50 bits per heavy atom. The summed E-state index contributed by atoms with van der Waals surface area (Å²) < 4.78 is 0. The summed E-state index contributed by atoms with van der Waals surface area (Å²) >= 11 is 0. The van der Waals surface area contributed by atoms with Crippen LogP contribution in [0.5, 0.6) is 0 Å². The molecular weight excluding hydrogens is 172 g/mol. The highest BCUT2D eigenvalue weighted by atomic mass is 16.6. The molecule has 0 saturated heterocycles. The van der Waals surface area contributed by atoms with Crippen molar-refractivity contribution < 1.29 is 9.85 Å². The molecule has 0 radical (unpaired) electrons. The van der Waals surface area contributed by atoms with E-state index in [9.17, 15) is 20.2 Å². The van der Waals surface area contributed by atoms with Crippen LogP contribution in [0.15, 0.2) is 0 Å². The van der Waals surface area contributed by atoms with E-state index >= 15 is 0 Å². The van der Waals surface area contributed by atoms with E-state index in [-0.39, 0.29) is 4.91 Å². The third kappa shape index (κ3) is 1.12. The summed E-state index contributed by atoms with van der Waals surface area (Å²) in [6.07, 6.45) is 0. The van der Waals surface area contributed by atoms with Gasteiger partial charge in [0.25, 0.3) is 0 Å². The van der Waals surface area contributed by atoms with Crippen molar-refractivity contribution in [1.29, 1.82) is 0 Å². The zero-order chi connectivity index (χ0) is 9.30. The van der Waals surface area contributed by atoms with E-state index in [4.69, 9.17) is 5.84 Å². The minimum absolute atomic E-state index is 0.274. The van der Waals surface area contributed by atoms with Crippen molar-refractivity contribution in [3.05, 3.63) is 20.2 Å². The topological polar surface area (TPSA) is 143 Å². The summed E-state index contributed by atoms with van der Waals surface area (Å²) in [6, 6.07) is 0. The van der Waals surface area contributed by atoms with Gasteiger partial charge in [-0.2, -0.15) is 0 Å². The number of nitro groups is 2. The Morgan fingerprint density at radius 3 is 1.75 bits per heavy atom. The van der Waals surface area contributed by atoms with Crippen LogP contribution >= 0.6 is 0 Å². The van der Waals surface area contributed by atoms with E-state index in [1.807, 2.05) is 0 Å². The van der Waals surface area contributed by atoms with Crippen LogP contribution < -0.4 is 5.84 Å². The molecule has 1 aromatic heterocycles. The van der Waals surface area contributed by atoms with E-state index in [0.717, 1.165) is 0 Å². The monoisotopic (exact) mass is 174 g/mol. The number of hydrogen-bond donors (Lipinski definition) is 1. The lowest BCUT2D eigenvalue weighted by Crippen LogP contribution is -2.12. The molecule has 1 heterocycles. The average molecular weight is 174 g/mol. The highest BCUT2D eigenvalue weighted by Gasteiger charge is 2.33. The minimum atomic E-state index is -1.03. The summed E-state index contributed by atoms with van der Waals surface area (Å²) in [5.74, 6) is 2.90. The Labute approximate surface area is 63.8 Å². The summed E-state index contributed by atoms with van der Waals surface area (Å²) in [5, 5.41) is 26.1. The van der Waals surface area contributed by atoms with Crippen molar-refractivity contribution in [3.63, 3.8) is 0 Å². The fourth-order valence-electron chi connectivity index (χ4n) is 0.542. The van der Waals surface area contributed by atoms with Crippen LogP contribution in [0.4, 0.5) is 11.6 Å². The second-order valence-electron chi connectivity index (χ2n) is 1.68. The predicted octanol–water partition coefficient (Wildman–Crippen LogP) is -1.19. The van der Waals surface area contributed by atoms with Gasteiger partial charge in [-0.05, 0) is 9.85 Å². The summed E-state index contributed by atoms with van der Waals surface area (Å²) in [5.41, 5.74) is 0. The predicted molar refractivity (Wildman–Crippen MR) is 33.5 cm³/mol. The lowest BCUT2D eigenvalue weighted by Gasteiger charge is -1.85. The molecule has 10 heteroatoms. The third-order valence-corrected chi connectivity index (χ3v) is 0.940. The van der Waals surface area contributed by atoms with E-state index in [0.29, 0.717) is 0 Å². The van der Waals surface area contributed by atoms with Crippen molar-refractivity contribution in [2.75, 3.05) is 5.84 Å². The van der Waals surface area contributed by atoms with E-state index < -0.39 is 21.5 Å². The molecule has 2 N–H and O–H groups in total. The van der Waals surface area contributed by atoms with Crippen LogP contribution in [0.25, 0.3) is 0 Å². The fourth-order valence-corrected chi connectivity index (χ4v) is 0.542. The molecule has 10 nitrogen and oxygen atoms in total. The molecule has 0 bridgehead atoms. The van der Waals surface area contributed by atoms with Gasteiger partial charge in [-0.1, -0.05) is 0 Å². The lowest BCUT2D eigenvalue weighted by molar-refractivity contribution is -0.427. The molecule has 0 atom stereocenters. The Hall–Kier alpha value is -2.26. The van der Waals surface area contributed by atoms with Gasteiger partial charge in [0.2, 0.25) is 0 Å². The Bertz CT molecular complexity index is 310. The van der Waals surface area contributed by atoms with E-state index in [1.54, 1.807) is 0 Å². The van der Waals surface area contributed by atoms with Gasteiger partial charge in [-0.3, -0.25) is 5.84 Å². The van der Waals surface area contributed by atoms with Gasteiger partial charge in [-0.15, -0.1) is 0 Å². The molecule has 0 spiro atoms. The van der Waals surface area contributed by atoms with Crippen molar-refractivity contribution in [2.24, 2.45) is 0 Å². The second-order valence-corrected chi connectivity index (χ2v) is 1.68. The van der Waals surface area contributed by atoms with Gasteiger partial charge in [0.1, 0.15) is 15.1 Å². The first kappa shape index (κ1) is 7.84. The molecule has 0 saturated carbocycles. The molecule has 0 aliphatic heterocycles. The molecule has 1 rings (SSSR count). The number of aromatic nitrogens is 3. The maximum absolute atomic E-state index is 10.1. The standard InChI is InChI=1S/C2H2N6O4/c3-8-4-1(6(9)10)2(5-8)7(11)12/h3H2. The van der Waals surface area contributed by atoms with Crippen molar-refractivity contribution in [3.8, 4) is 0 Å². The summed E-state index contributed by atoms with van der Waals surface area (Å²) in [4.78, 5) is 18.3. The number of nitrogen functional groups attached to an aromatic ring is 1. The Kier molecular flexibility index (Phi) is 1.58. The smallest absolute Gasteiger partial charge is 0.358 e. The average Bonchev–Trinajstić information content (AvgIpc) is 2.31. The molecule has 64 valence electrons. The molecule has 1 aromatic rings. The van der Waals surface area contributed by atoms with Gasteiger partial charge in [0, 0.05) is 0 Å². The van der Waals surface area contributed by atoms with Crippen molar-refractivity contribution in [1.82, 2.24) is 15.1 Å². The maximum atomic E-state index is 10.1. The summed E-state index contributed by atoms with van der Waals surface area (Å²) in [6.45, 7) is 0. The number of rotatable bonds is 2. The largest absolute Gasteiger partial charge is 0.494 e. The van der Waals surface area contributed by atoms with Gasteiger partial charge in [-0.25, -0.2) is 0 Å². The van der Waals surface area contributed by atoms with Gasteiger partial charge in [0.15, 0.2) is 0 Å². The second kappa shape index (κ2) is 2.41. The SMILES string of the molecule is Nn1nc([N+](=O)[O-])c([N+](=O)[O-])n1. The maximum Gasteiger partial charge on any atom is 0.494 e. The van der Waals surface area contributed by atoms with E-state index in [1.165, 1.54) is 0 Å². The van der Waals surface area contributed by atoms with Crippen molar-refractivity contribution >= 4 is 11.6 Å². The molecule has 0 aliphatic rings. The molecule has 0 fully saturated rings. The first-order valence-corrected chi connectivity index (χ1v) is 2.53. The number of hydrogen-bond acceptors (Lipinski definition) is 7.